The van der Waals surface area contributed by atoms with Crippen molar-refractivity contribution in [1.82, 2.24) is 14.9 Å². The average Bonchev–Trinajstić information content (AvgIpc) is 2.95. The zero-order valence-corrected chi connectivity index (χ0v) is 8.72. The Kier molecular flexibility index (Phi) is 2.89. The lowest BCUT2D eigenvalue weighted by atomic mass is 10.4. The van der Waals surface area contributed by atoms with Crippen LogP contribution in [0, 0.1) is 5.92 Å². The number of aromatic nitrogens is 2. The van der Waals surface area contributed by atoms with Crippen molar-refractivity contribution in [3.8, 4) is 0 Å². The Bertz CT molecular complexity index is 409. The van der Waals surface area contributed by atoms with E-state index in [-0.39, 0.29) is 18.1 Å². The molecule has 1 fully saturated rings. The standard InChI is InChI=1S/C10H13N3O3/c14-9(11-3-7-1-2-7)5-13-4-8(10(15)16)12-6-13/h4,6-7H,1-3,5H2,(H,11,14)(H,15,16). The normalized spacial score (nSPS) is 14.8. The molecule has 2 N–H and O–H groups in total. The first kappa shape index (κ1) is 10.7. The van der Waals surface area contributed by atoms with E-state index < -0.39 is 5.97 Å². The van der Waals surface area contributed by atoms with Crippen molar-refractivity contribution in [3.05, 3.63) is 18.2 Å². The van der Waals surface area contributed by atoms with Crippen molar-refractivity contribution < 1.29 is 14.7 Å². The molecule has 1 saturated carbocycles. The molecule has 6 nitrogen and oxygen atoms in total. The predicted molar refractivity (Wildman–Crippen MR) is 54.9 cm³/mol. The van der Waals surface area contributed by atoms with Crippen LogP contribution in [0.25, 0.3) is 0 Å². The first-order chi connectivity index (χ1) is 7.65. The van der Waals surface area contributed by atoms with Crippen molar-refractivity contribution in [3.63, 3.8) is 0 Å². The first-order valence-corrected chi connectivity index (χ1v) is 5.17. The lowest BCUT2D eigenvalue weighted by molar-refractivity contribution is -0.121. The largest absolute Gasteiger partial charge is 0.476 e. The van der Waals surface area contributed by atoms with E-state index in [1.807, 2.05) is 0 Å². The predicted octanol–water partition coefficient (Wildman–Crippen LogP) is 0.107. The molecule has 1 amide bonds. The summed E-state index contributed by atoms with van der Waals surface area (Å²) in [5, 5.41) is 11.4. The summed E-state index contributed by atoms with van der Waals surface area (Å²) in [7, 11) is 0. The average molecular weight is 223 g/mol. The molecule has 6 heteroatoms. The third kappa shape index (κ3) is 2.82. The Morgan fingerprint density at radius 2 is 2.31 bits per heavy atom. The molecule has 1 aromatic rings. The van der Waals surface area contributed by atoms with Crippen LogP contribution in [0.5, 0.6) is 0 Å². The van der Waals surface area contributed by atoms with Crippen LogP contribution in [-0.4, -0.2) is 33.1 Å². The molecule has 16 heavy (non-hydrogen) atoms. The molecule has 0 spiro atoms. The molecule has 0 aromatic carbocycles. The van der Waals surface area contributed by atoms with Crippen LogP contribution in [0.4, 0.5) is 0 Å². The van der Waals surface area contributed by atoms with Crippen LogP contribution in [-0.2, 0) is 11.3 Å². The van der Waals surface area contributed by atoms with Crippen LogP contribution >= 0.6 is 0 Å². The van der Waals surface area contributed by atoms with Crippen molar-refractivity contribution in [2.45, 2.75) is 19.4 Å². The summed E-state index contributed by atoms with van der Waals surface area (Å²) < 4.78 is 1.46. The van der Waals surface area contributed by atoms with Gasteiger partial charge in [0.15, 0.2) is 5.69 Å². The molecule has 0 unspecified atom stereocenters. The van der Waals surface area contributed by atoms with Gasteiger partial charge in [-0.2, -0.15) is 0 Å². The SMILES string of the molecule is O=C(Cn1cnc(C(=O)O)c1)NCC1CC1. The zero-order chi connectivity index (χ0) is 11.5. The van der Waals surface area contributed by atoms with E-state index in [4.69, 9.17) is 5.11 Å². The fourth-order valence-corrected chi connectivity index (χ4v) is 1.36. The molecule has 0 radical (unpaired) electrons. The Morgan fingerprint density at radius 3 is 2.88 bits per heavy atom. The van der Waals surface area contributed by atoms with Crippen molar-refractivity contribution in [1.29, 1.82) is 0 Å². The van der Waals surface area contributed by atoms with E-state index in [0.29, 0.717) is 5.92 Å². The molecule has 0 atom stereocenters. The van der Waals surface area contributed by atoms with E-state index in [1.54, 1.807) is 0 Å². The molecular formula is C10H13N3O3. The van der Waals surface area contributed by atoms with E-state index in [1.165, 1.54) is 29.9 Å². The Morgan fingerprint density at radius 1 is 1.56 bits per heavy atom. The highest BCUT2D eigenvalue weighted by Gasteiger charge is 2.21. The number of nitrogens with one attached hydrogen (secondary N) is 1. The molecule has 1 aliphatic rings. The molecule has 1 heterocycles. The van der Waals surface area contributed by atoms with Gasteiger partial charge in [0.2, 0.25) is 5.91 Å². The second-order valence-corrected chi connectivity index (χ2v) is 3.98. The maximum atomic E-state index is 11.4. The molecule has 1 aliphatic carbocycles. The smallest absolute Gasteiger partial charge is 0.356 e. The van der Waals surface area contributed by atoms with Crippen molar-refractivity contribution >= 4 is 11.9 Å². The summed E-state index contributed by atoms with van der Waals surface area (Å²) >= 11 is 0. The highest BCUT2D eigenvalue weighted by molar-refractivity contribution is 5.85. The van der Waals surface area contributed by atoms with Crippen LogP contribution in [0.15, 0.2) is 12.5 Å². The topological polar surface area (TPSA) is 84.2 Å². The van der Waals surface area contributed by atoms with Crippen LogP contribution < -0.4 is 5.32 Å². The number of hydrogen-bond acceptors (Lipinski definition) is 3. The Labute approximate surface area is 92.3 Å². The van der Waals surface area contributed by atoms with E-state index in [9.17, 15) is 9.59 Å². The number of imidazole rings is 1. The minimum atomic E-state index is -1.09. The molecule has 1 aromatic heterocycles. The number of hydrogen-bond donors (Lipinski definition) is 2. The Hall–Kier alpha value is -1.85. The Balaban J connectivity index is 1.82. The van der Waals surface area contributed by atoms with Crippen molar-refractivity contribution in [2.75, 3.05) is 6.54 Å². The van der Waals surface area contributed by atoms with Crippen LogP contribution in [0.1, 0.15) is 23.3 Å². The van der Waals surface area contributed by atoms with Gasteiger partial charge in [-0.3, -0.25) is 4.79 Å². The second kappa shape index (κ2) is 4.34. The number of carboxylic acids is 1. The number of carboxylic acid groups (broad SMARTS) is 1. The molecule has 0 bridgehead atoms. The van der Waals surface area contributed by atoms with E-state index >= 15 is 0 Å². The molecular weight excluding hydrogens is 210 g/mol. The van der Waals surface area contributed by atoms with Gasteiger partial charge >= 0.3 is 5.97 Å². The number of carbonyl (C=O) groups is 2. The van der Waals surface area contributed by atoms with Gasteiger partial charge in [-0.1, -0.05) is 0 Å². The quantitative estimate of drug-likeness (QED) is 0.741. The maximum Gasteiger partial charge on any atom is 0.356 e. The summed E-state index contributed by atoms with van der Waals surface area (Å²) in [5.41, 5.74) is -0.0463. The molecule has 86 valence electrons. The monoisotopic (exact) mass is 223 g/mol. The van der Waals surface area contributed by atoms with Crippen LogP contribution in [0.2, 0.25) is 0 Å². The lowest BCUT2D eigenvalue weighted by Crippen LogP contribution is -2.28. The van der Waals surface area contributed by atoms with E-state index in [2.05, 4.69) is 10.3 Å². The van der Waals surface area contributed by atoms with Crippen LogP contribution in [0.3, 0.4) is 0 Å². The summed E-state index contributed by atoms with van der Waals surface area (Å²) in [6.07, 6.45) is 5.07. The third-order valence-corrected chi connectivity index (χ3v) is 2.46. The van der Waals surface area contributed by atoms with Gasteiger partial charge in [-0.15, -0.1) is 0 Å². The zero-order valence-electron chi connectivity index (χ0n) is 8.72. The number of rotatable bonds is 5. The summed E-state index contributed by atoms with van der Waals surface area (Å²) in [4.78, 5) is 25.6. The fourth-order valence-electron chi connectivity index (χ4n) is 1.36. The van der Waals surface area contributed by atoms with Gasteiger partial charge in [0, 0.05) is 12.7 Å². The van der Waals surface area contributed by atoms with Gasteiger partial charge < -0.3 is 15.0 Å². The third-order valence-electron chi connectivity index (χ3n) is 2.46. The minimum Gasteiger partial charge on any atom is -0.476 e. The number of amides is 1. The van der Waals surface area contributed by atoms with Crippen molar-refractivity contribution in [2.24, 2.45) is 5.92 Å². The minimum absolute atomic E-state index is 0.0463. The summed E-state index contributed by atoms with van der Waals surface area (Å²) in [5.74, 6) is -0.556. The number of carbonyl (C=O) groups excluding carboxylic acids is 1. The first-order valence-electron chi connectivity index (χ1n) is 5.17. The van der Waals surface area contributed by atoms with Gasteiger partial charge in [0.05, 0.1) is 6.33 Å². The molecule has 0 saturated heterocycles. The molecule has 0 aliphatic heterocycles. The lowest BCUT2D eigenvalue weighted by Gasteiger charge is -2.03. The van der Waals surface area contributed by atoms with Gasteiger partial charge in [-0.05, 0) is 18.8 Å². The summed E-state index contributed by atoms with van der Waals surface area (Å²) in [6.45, 7) is 0.840. The molecule has 2 rings (SSSR count). The number of nitrogens with zero attached hydrogens (tertiary/aromatic N) is 2. The highest BCUT2D eigenvalue weighted by atomic mass is 16.4. The van der Waals surface area contributed by atoms with Gasteiger partial charge in [0.1, 0.15) is 6.54 Å². The highest BCUT2D eigenvalue weighted by Crippen LogP contribution is 2.27. The second-order valence-electron chi connectivity index (χ2n) is 3.98. The summed E-state index contributed by atoms with van der Waals surface area (Å²) in [6, 6.07) is 0. The fraction of sp³-hybridized carbons (Fsp3) is 0.500. The maximum absolute atomic E-state index is 11.4. The van der Waals surface area contributed by atoms with Gasteiger partial charge in [0.25, 0.3) is 0 Å². The van der Waals surface area contributed by atoms with Gasteiger partial charge in [-0.25, -0.2) is 9.78 Å². The number of aromatic carboxylic acids is 1. The van der Waals surface area contributed by atoms with E-state index in [0.717, 1.165) is 6.54 Å².